The third-order valence-corrected chi connectivity index (χ3v) is 16.5. The van der Waals surface area contributed by atoms with Gasteiger partial charge in [0.1, 0.15) is 17.0 Å². The Balaban J connectivity index is 0.00000595. The number of fused-ring (bicyclic) bond motifs is 2. The second kappa shape index (κ2) is 31.3. The summed E-state index contributed by atoms with van der Waals surface area (Å²) in [6.07, 6.45) is 6.79. The van der Waals surface area contributed by atoms with Crippen LogP contribution in [0.1, 0.15) is 114 Å². The normalized spacial score (nSPS) is 21.5. The van der Waals surface area contributed by atoms with Crippen molar-refractivity contribution in [3.63, 3.8) is 0 Å². The zero-order chi connectivity index (χ0) is 59.6. The van der Waals surface area contributed by atoms with E-state index in [4.69, 9.17) is 14.6 Å². The lowest BCUT2D eigenvalue weighted by Crippen LogP contribution is -2.66. The van der Waals surface area contributed by atoms with Gasteiger partial charge in [-0.1, -0.05) is 59.7 Å². The SMILES string of the molecule is CC.COc1cccc(OC)c1-c1cc(C(=O)NC2(C(=O)O)C(C)CC3CC(C)CC2C3)nn1-c1ccc(CCCCN(C)CCCN(C)C(=O)CN2CCN(CC(=O)O)CCN(CC(=O)O)CCN(CC(=O)O)CC2)cc1C(C)C. The van der Waals surface area contributed by atoms with Gasteiger partial charge >= 0.3 is 23.9 Å². The molecule has 2 amide bonds. The Hall–Kier alpha value is -6.13. The molecule has 2 aromatic carbocycles. The van der Waals surface area contributed by atoms with E-state index in [0.29, 0.717) is 93.5 Å². The Bertz CT molecular complexity index is 2520. The molecule has 2 heterocycles. The van der Waals surface area contributed by atoms with E-state index in [9.17, 15) is 49.2 Å². The summed E-state index contributed by atoms with van der Waals surface area (Å²) in [6, 6.07) is 13.6. The van der Waals surface area contributed by atoms with Gasteiger partial charge < -0.3 is 45.0 Å². The third kappa shape index (κ3) is 18.2. The van der Waals surface area contributed by atoms with Gasteiger partial charge in [-0.2, -0.15) is 5.10 Å². The fourth-order valence-corrected chi connectivity index (χ4v) is 12.3. The molecule has 3 fully saturated rings. The van der Waals surface area contributed by atoms with Crippen LogP contribution in [0.2, 0.25) is 0 Å². The lowest BCUT2D eigenvalue weighted by atomic mass is 9.56. The van der Waals surface area contributed by atoms with Crippen molar-refractivity contribution in [3.8, 4) is 28.4 Å². The Morgan fingerprint density at radius 2 is 1.22 bits per heavy atom. The summed E-state index contributed by atoms with van der Waals surface area (Å²) in [5.74, 6) is -3.17. The molecule has 21 nitrogen and oxygen atoms in total. The van der Waals surface area contributed by atoms with E-state index in [1.54, 1.807) is 51.6 Å². The van der Waals surface area contributed by atoms with Crippen molar-refractivity contribution in [1.82, 2.24) is 44.5 Å². The number of unbranched alkanes of at least 4 members (excludes halogenated alkanes) is 1. The van der Waals surface area contributed by atoms with Crippen molar-refractivity contribution >= 4 is 35.7 Å². The lowest BCUT2D eigenvalue weighted by molar-refractivity contribution is -0.155. The quantitative estimate of drug-likeness (QED) is 0.0617. The highest BCUT2D eigenvalue weighted by Crippen LogP contribution is 2.50. The number of carboxylic acids is 4. The first kappa shape index (κ1) is 65.7. The predicted octanol–water partition coefficient (Wildman–Crippen LogP) is 5.93. The molecule has 0 spiro atoms. The summed E-state index contributed by atoms with van der Waals surface area (Å²) < 4.78 is 13.5. The smallest absolute Gasteiger partial charge is 0.329 e. The molecule has 2 saturated carbocycles. The Kier molecular flexibility index (Phi) is 25.4. The minimum Gasteiger partial charge on any atom is -0.496 e. The number of nitrogens with zero attached hydrogens (tertiary/aromatic N) is 8. The highest BCUT2D eigenvalue weighted by Gasteiger charge is 2.57. The molecule has 1 saturated heterocycles. The number of carbonyl (C=O) groups is 6. The van der Waals surface area contributed by atoms with Gasteiger partial charge in [0.05, 0.1) is 57.3 Å². The molecular formula is C60H93N9O12. The molecule has 0 radical (unpaired) electrons. The molecule has 2 bridgehead atoms. The standard InChI is InChI=1S/C58H87N9O12.C2H6/c1-39(2)45-33-42(13-9-10-18-61(5)19-12-20-62(6)51(68)35-63-21-23-64(36-52(69)70)25-27-66(38-54(73)74)28-26-65(24-22-63)37-53(71)72)16-17-47(45)67-48(55-49(78-7)14-11-15-50(55)79-8)34-46(60-67)56(75)59-58(57(76)77)41(4)31-43-29-40(3)30-44(58)32-43;1-2/h11,14-17,33-34,39-41,43-44H,9-10,12-13,18-32,35-38H2,1-8H3,(H,59,75)(H,69,70)(H,71,72)(H,73,74)(H,76,77);1-2H3. The van der Waals surface area contributed by atoms with Crippen molar-refractivity contribution in [2.75, 3.05) is 126 Å². The minimum absolute atomic E-state index is 0.0697. The Morgan fingerprint density at radius 1 is 0.691 bits per heavy atom. The highest BCUT2D eigenvalue weighted by molar-refractivity contribution is 5.98. The summed E-state index contributed by atoms with van der Waals surface area (Å²) >= 11 is 0. The number of hydrogen-bond acceptors (Lipinski definition) is 14. The van der Waals surface area contributed by atoms with Gasteiger partial charge in [0, 0.05) is 66.0 Å². The van der Waals surface area contributed by atoms with Crippen LogP contribution in [0.3, 0.4) is 0 Å². The predicted molar refractivity (Wildman–Crippen MR) is 311 cm³/mol. The molecule has 1 aromatic heterocycles. The molecule has 2 aliphatic carbocycles. The number of likely N-dealkylation sites (N-methyl/N-ethyl adjacent to an activating group) is 1. The maximum Gasteiger partial charge on any atom is 0.329 e. The van der Waals surface area contributed by atoms with Gasteiger partial charge in [-0.15, -0.1) is 0 Å². The summed E-state index contributed by atoms with van der Waals surface area (Å²) in [4.78, 5) is 87.6. The van der Waals surface area contributed by atoms with Crippen LogP contribution in [0.5, 0.6) is 11.5 Å². The molecule has 6 rings (SSSR count). The molecule has 3 aromatic rings. The summed E-state index contributed by atoms with van der Waals surface area (Å²) in [7, 11) is 7.01. The third-order valence-electron chi connectivity index (χ3n) is 16.5. The van der Waals surface area contributed by atoms with E-state index < -0.39 is 35.3 Å². The van der Waals surface area contributed by atoms with Crippen molar-refractivity contribution in [1.29, 1.82) is 0 Å². The number of carbonyl (C=O) groups excluding carboxylic acids is 2. The molecule has 450 valence electrons. The maximum atomic E-state index is 14.6. The van der Waals surface area contributed by atoms with Gasteiger partial charge in [-0.25, -0.2) is 9.48 Å². The van der Waals surface area contributed by atoms with Gasteiger partial charge in [0.15, 0.2) is 5.69 Å². The van der Waals surface area contributed by atoms with Crippen LogP contribution in [0.15, 0.2) is 42.5 Å². The van der Waals surface area contributed by atoms with Crippen LogP contribution < -0.4 is 14.8 Å². The van der Waals surface area contributed by atoms with Crippen LogP contribution in [0.25, 0.3) is 16.9 Å². The minimum atomic E-state index is -1.42. The van der Waals surface area contributed by atoms with E-state index in [1.807, 2.05) is 49.9 Å². The van der Waals surface area contributed by atoms with Crippen molar-refractivity contribution in [2.24, 2.45) is 23.7 Å². The molecule has 1 aliphatic heterocycles. The molecule has 5 N–H and O–H groups in total. The molecular weight excluding hydrogens is 1040 g/mol. The van der Waals surface area contributed by atoms with Crippen LogP contribution in [-0.2, 0) is 30.4 Å². The van der Waals surface area contributed by atoms with Crippen LogP contribution >= 0.6 is 0 Å². The number of benzene rings is 2. The largest absolute Gasteiger partial charge is 0.496 e. The molecule has 21 heteroatoms. The van der Waals surface area contributed by atoms with Crippen molar-refractivity contribution in [3.05, 3.63) is 59.3 Å². The number of aromatic nitrogens is 2. The van der Waals surface area contributed by atoms with E-state index in [1.165, 1.54) is 0 Å². The van der Waals surface area contributed by atoms with Gasteiger partial charge in [0.25, 0.3) is 5.91 Å². The summed E-state index contributed by atoms with van der Waals surface area (Å²) in [5.41, 5.74) is 2.82. The van der Waals surface area contributed by atoms with Crippen LogP contribution in [-0.4, -0.2) is 227 Å². The highest BCUT2D eigenvalue weighted by atomic mass is 16.5. The Labute approximate surface area is 479 Å². The van der Waals surface area contributed by atoms with Crippen molar-refractivity contribution in [2.45, 2.75) is 104 Å². The zero-order valence-electron chi connectivity index (χ0n) is 49.8. The van der Waals surface area contributed by atoms with E-state index in [2.05, 4.69) is 50.2 Å². The number of methoxy groups -OCH3 is 2. The molecule has 81 heavy (non-hydrogen) atoms. The number of carboxylic acid groups (broad SMARTS) is 4. The van der Waals surface area contributed by atoms with Gasteiger partial charge in [-0.3, -0.25) is 43.6 Å². The first-order valence-electron chi connectivity index (χ1n) is 29.1. The number of rotatable bonds is 25. The molecule has 3 aliphatic rings. The van der Waals surface area contributed by atoms with E-state index >= 15 is 0 Å². The average Bonchev–Trinajstić information content (AvgIpc) is 3.74. The second-order valence-corrected chi connectivity index (χ2v) is 22.8. The van der Waals surface area contributed by atoms with E-state index in [0.717, 1.165) is 81.3 Å². The average molecular weight is 1130 g/mol. The Morgan fingerprint density at radius 3 is 1.73 bits per heavy atom. The van der Waals surface area contributed by atoms with Crippen molar-refractivity contribution < 1.29 is 58.7 Å². The molecule has 5 atom stereocenters. The summed E-state index contributed by atoms with van der Waals surface area (Å²) in [6.45, 7) is 16.6. The van der Waals surface area contributed by atoms with Crippen LogP contribution in [0, 0.1) is 23.7 Å². The fraction of sp³-hybridized carbons (Fsp3) is 0.650. The van der Waals surface area contributed by atoms with Gasteiger partial charge in [-0.05, 0) is 136 Å². The van der Waals surface area contributed by atoms with E-state index in [-0.39, 0.29) is 55.5 Å². The molecule has 5 unspecified atom stereocenters. The first-order valence-corrected chi connectivity index (χ1v) is 29.1. The number of aliphatic carboxylic acids is 4. The number of nitrogens with one attached hydrogen (secondary N) is 1. The zero-order valence-corrected chi connectivity index (χ0v) is 49.8. The first-order chi connectivity index (χ1) is 38.6. The fourth-order valence-electron chi connectivity index (χ4n) is 12.3. The topological polar surface area (TPSA) is 251 Å². The number of aryl methyl sites for hydroxylation is 1. The summed E-state index contributed by atoms with van der Waals surface area (Å²) in [5, 5.41) is 47.6. The number of amides is 2. The second-order valence-electron chi connectivity index (χ2n) is 22.8. The lowest BCUT2D eigenvalue weighted by Gasteiger charge is -2.52. The van der Waals surface area contributed by atoms with Gasteiger partial charge in [0.2, 0.25) is 5.91 Å². The van der Waals surface area contributed by atoms with Crippen LogP contribution in [0.4, 0.5) is 0 Å². The maximum absolute atomic E-state index is 14.6. The monoisotopic (exact) mass is 1130 g/mol. The number of hydrogen-bond donors (Lipinski definition) is 5. The number of ether oxygens (including phenoxy) is 2.